The molecule has 120 valence electrons. The van der Waals surface area contributed by atoms with Crippen LogP contribution in [-0.4, -0.2) is 23.8 Å². The highest BCUT2D eigenvalue weighted by atomic mass is 35.5. The van der Waals surface area contributed by atoms with Crippen LogP contribution in [0.1, 0.15) is 12.8 Å². The Hall–Kier alpha value is -2.41. The highest BCUT2D eigenvalue weighted by Crippen LogP contribution is 2.43. The number of ether oxygens (including phenoxy) is 1. The Morgan fingerprint density at radius 3 is 2.65 bits per heavy atom. The molecular weight excluding hydrogens is 324 g/mol. The van der Waals surface area contributed by atoms with Gasteiger partial charge in [0.25, 0.3) is 5.69 Å². The van der Waals surface area contributed by atoms with E-state index in [1.165, 1.54) is 25.3 Å². The summed E-state index contributed by atoms with van der Waals surface area (Å²) in [5.41, 5.74) is -0.116. The zero-order chi connectivity index (χ0) is 16.7. The summed E-state index contributed by atoms with van der Waals surface area (Å²) in [4.78, 5) is 36.6. The molecule has 0 saturated carbocycles. The van der Waals surface area contributed by atoms with Gasteiger partial charge in [0, 0.05) is 17.2 Å². The molecule has 0 N–H and O–H groups in total. The number of methoxy groups -OCH3 is 1. The number of hydrogen-bond acceptors (Lipinski definition) is 5. The van der Waals surface area contributed by atoms with Crippen molar-refractivity contribution in [3.63, 3.8) is 0 Å². The van der Waals surface area contributed by atoms with Crippen molar-refractivity contribution in [1.82, 2.24) is 0 Å². The molecule has 1 aliphatic heterocycles. The number of hydrogen-bond donors (Lipinski definition) is 0. The van der Waals surface area contributed by atoms with Gasteiger partial charge in [-0.2, -0.15) is 0 Å². The number of non-ortho nitro benzene ring substituents is 1. The predicted octanol–water partition coefficient (Wildman–Crippen LogP) is 2.63. The number of rotatable bonds is 3. The average molecular weight is 337 g/mol. The number of amides is 2. The molecule has 3 rings (SSSR count). The summed E-state index contributed by atoms with van der Waals surface area (Å²) in [6.07, 6.45) is 2.44. The smallest absolute Gasteiger partial charge is 0.271 e. The van der Waals surface area contributed by atoms with Crippen LogP contribution in [0.15, 0.2) is 29.3 Å². The van der Waals surface area contributed by atoms with Gasteiger partial charge in [-0.05, 0) is 18.9 Å². The van der Waals surface area contributed by atoms with E-state index >= 15 is 0 Å². The summed E-state index contributed by atoms with van der Waals surface area (Å²) in [6.45, 7) is 0. The molecule has 8 heteroatoms. The SMILES string of the molecule is COc1ccc([N+](=O)[O-])cc1N1C(=O)[C@H]2CC(Cl)=CC[C@H]2C1=O. The van der Waals surface area contributed by atoms with Crippen LogP contribution in [-0.2, 0) is 9.59 Å². The fourth-order valence-corrected chi connectivity index (χ4v) is 3.29. The van der Waals surface area contributed by atoms with Gasteiger partial charge in [-0.3, -0.25) is 19.7 Å². The summed E-state index contributed by atoms with van der Waals surface area (Å²) in [5, 5.41) is 11.5. The minimum Gasteiger partial charge on any atom is -0.495 e. The number of carbonyl (C=O) groups is 2. The van der Waals surface area contributed by atoms with Gasteiger partial charge in [-0.1, -0.05) is 17.7 Å². The fraction of sp³-hybridized carbons (Fsp3) is 0.333. The Morgan fingerprint density at radius 1 is 1.30 bits per heavy atom. The molecule has 1 saturated heterocycles. The zero-order valence-electron chi connectivity index (χ0n) is 12.2. The molecule has 1 aliphatic carbocycles. The number of nitrogens with zero attached hydrogens (tertiary/aromatic N) is 2. The molecule has 1 aromatic carbocycles. The number of nitro benzene ring substituents is 1. The summed E-state index contributed by atoms with van der Waals surface area (Å²) >= 11 is 5.98. The van der Waals surface area contributed by atoms with Gasteiger partial charge in [-0.15, -0.1) is 0 Å². The third-order valence-electron chi connectivity index (χ3n) is 4.18. The number of halogens is 1. The standard InChI is InChI=1S/C15H13ClN2O5/c1-23-13-5-3-9(18(21)22)7-12(13)17-14(19)10-4-2-8(16)6-11(10)15(17)20/h2-3,5,7,10-11H,4,6H2,1H3/t10-,11+/m1/s1. The van der Waals surface area contributed by atoms with Crippen LogP contribution in [0, 0.1) is 22.0 Å². The Labute approximate surface area is 136 Å². The summed E-state index contributed by atoms with van der Waals surface area (Å²) in [6, 6.07) is 3.82. The molecule has 7 nitrogen and oxygen atoms in total. The van der Waals surface area contributed by atoms with E-state index in [0.717, 1.165) is 4.90 Å². The van der Waals surface area contributed by atoms with E-state index in [9.17, 15) is 19.7 Å². The molecule has 1 heterocycles. The Kier molecular flexibility index (Phi) is 3.81. The van der Waals surface area contributed by atoms with E-state index in [4.69, 9.17) is 16.3 Å². The van der Waals surface area contributed by atoms with E-state index in [-0.39, 0.29) is 23.0 Å². The van der Waals surface area contributed by atoms with Gasteiger partial charge in [0.05, 0.1) is 23.9 Å². The molecule has 2 atom stereocenters. The fourth-order valence-electron chi connectivity index (χ4n) is 3.03. The van der Waals surface area contributed by atoms with Gasteiger partial charge < -0.3 is 4.74 Å². The largest absolute Gasteiger partial charge is 0.495 e. The van der Waals surface area contributed by atoms with Gasteiger partial charge in [0.15, 0.2) is 0 Å². The zero-order valence-corrected chi connectivity index (χ0v) is 12.9. The predicted molar refractivity (Wildman–Crippen MR) is 82.3 cm³/mol. The highest BCUT2D eigenvalue weighted by molar-refractivity contribution is 6.30. The second kappa shape index (κ2) is 5.66. The van der Waals surface area contributed by atoms with Crippen LogP contribution in [0.4, 0.5) is 11.4 Å². The molecule has 1 aromatic rings. The maximum atomic E-state index is 12.6. The Balaban J connectivity index is 2.05. The lowest BCUT2D eigenvalue weighted by Crippen LogP contribution is -2.31. The minimum atomic E-state index is -0.584. The van der Waals surface area contributed by atoms with Crippen molar-refractivity contribution < 1.29 is 19.2 Å². The molecule has 0 aromatic heterocycles. The van der Waals surface area contributed by atoms with Crippen LogP contribution >= 0.6 is 11.6 Å². The van der Waals surface area contributed by atoms with E-state index in [0.29, 0.717) is 17.9 Å². The number of carbonyl (C=O) groups excluding carboxylic acids is 2. The van der Waals surface area contributed by atoms with Crippen LogP contribution in [0.25, 0.3) is 0 Å². The van der Waals surface area contributed by atoms with Gasteiger partial charge >= 0.3 is 0 Å². The summed E-state index contributed by atoms with van der Waals surface area (Å²) in [5.74, 6) is -1.54. The number of anilines is 1. The van der Waals surface area contributed by atoms with E-state index < -0.39 is 22.7 Å². The molecule has 23 heavy (non-hydrogen) atoms. The monoisotopic (exact) mass is 336 g/mol. The van der Waals surface area contributed by atoms with E-state index in [1.807, 2.05) is 0 Å². The normalized spacial score (nSPS) is 23.6. The lowest BCUT2D eigenvalue weighted by atomic mass is 9.85. The first-order valence-corrected chi connectivity index (χ1v) is 7.36. The van der Waals surface area contributed by atoms with Crippen molar-refractivity contribution in [2.45, 2.75) is 12.8 Å². The first-order chi connectivity index (χ1) is 10.9. The second-order valence-corrected chi connectivity index (χ2v) is 5.91. The minimum absolute atomic E-state index is 0.0993. The average Bonchev–Trinajstić information content (AvgIpc) is 2.77. The van der Waals surface area contributed by atoms with Crippen LogP contribution in [0.5, 0.6) is 5.75 Å². The molecule has 0 bridgehead atoms. The van der Waals surface area contributed by atoms with E-state index in [1.54, 1.807) is 6.08 Å². The van der Waals surface area contributed by atoms with Gasteiger partial charge in [0.2, 0.25) is 11.8 Å². The lowest BCUT2D eigenvalue weighted by molar-refractivity contribution is -0.384. The second-order valence-electron chi connectivity index (χ2n) is 5.43. The van der Waals surface area contributed by atoms with E-state index in [2.05, 4.69) is 0 Å². The quantitative estimate of drug-likeness (QED) is 0.481. The first kappa shape index (κ1) is 15.5. The maximum Gasteiger partial charge on any atom is 0.271 e. The van der Waals surface area contributed by atoms with Crippen LogP contribution < -0.4 is 9.64 Å². The number of imide groups is 1. The summed E-state index contributed by atoms with van der Waals surface area (Å²) < 4.78 is 5.16. The molecule has 2 aliphatic rings. The Bertz CT molecular complexity index is 745. The topological polar surface area (TPSA) is 89.8 Å². The van der Waals surface area contributed by atoms with Crippen LogP contribution in [0.2, 0.25) is 0 Å². The Morgan fingerprint density at radius 2 is 2.00 bits per heavy atom. The number of benzene rings is 1. The molecular formula is C15H13ClN2O5. The molecule has 1 fully saturated rings. The highest BCUT2D eigenvalue weighted by Gasteiger charge is 2.49. The van der Waals surface area contributed by atoms with Crippen molar-refractivity contribution in [2.75, 3.05) is 12.0 Å². The van der Waals surface area contributed by atoms with Gasteiger partial charge in [0.1, 0.15) is 11.4 Å². The number of nitro groups is 1. The van der Waals surface area contributed by atoms with Crippen molar-refractivity contribution in [3.05, 3.63) is 39.4 Å². The van der Waals surface area contributed by atoms with Crippen molar-refractivity contribution in [3.8, 4) is 5.75 Å². The summed E-state index contributed by atoms with van der Waals surface area (Å²) in [7, 11) is 1.38. The van der Waals surface area contributed by atoms with Crippen molar-refractivity contribution in [2.24, 2.45) is 11.8 Å². The molecule has 0 unspecified atom stereocenters. The van der Waals surface area contributed by atoms with Gasteiger partial charge in [-0.25, -0.2) is 4.90 Å². The molecule has 0 radical (unpaired) electrons. The molecule has 0 spiro atoms. The third-order valence-corrected chi connectivity index (χ3v) is 4.49. The number of allylic oxidation sites excluding steroid dienone is 2. The first-order valence-electron chi connectivity index (χ1n) is 6.98. The van der Waals surface area contributed by atoms with Crippen molar-refractivity contribution >= 4 is 34.8 Å². The van der Waals surface area contributed by atoms with Crippen LogP contribution in [0.3, 0.4) is 0 Å². The number of fused-ring (bicyclic) bond motifs is 1. The maximum absolute atomic E-state index is 12.6. The molecule has 2 amide bonds. The lowest BCUT2D eigenvalue weighted by Gasteiger charge is -2.17. The third kappa shape index (κ3) is 2.46. The van der Waals surface area contributed by atoms with Crippen molar-refractivity contribution in [1.29, 1.82) is 0 Å².